The van der Waals surface area contributed by atoms with Crippen molar-refractivity contribution in [3.63, 3.8) is 0 Å². The molecule has 1 aromatic heterocycles. The van der Waals surface area contributed by atoms with E-state index in [0.717, 1.165) is 11.8 Å². The number of nitrogens with zero attached hydrogens (tertiary/aromatic N) is 1. The van der Waals surface area contributed by atoms with Gasteiger partial charge < -0.3 is 19.4 Å². The van der Waals surface area contributed by atoms with E-state index in [-0.39, 0.29) is 24.6 Å². The van der Waals surface area contributed by atoms with E-state index >= 15 is 0 Å². The summed E-state index contributed by atoms with van der Waals surface area (Å²) in [5, 5.41) is 0.889. The van der Waals surface area contributed by atoms with Crippen LogP contribution in [0.5, 0.6) is 11.5 Å². The number of methoxy groups -OCH3 is 1. The molecule has 28 heavy (non-hydrogen) atoms. The molecule has 3 aromatic rings. The van der Waals surface area contributed by atoms with Gasteiger partial charge in [-0.2, -0.15) is 0 Å². The lowest BCUT2D eigenvalue weighted by molar-refractivity contribution is -0.134. The number of benzene rings is 2. The summed E-state index contributed by atoms with van der Waals surface area (Å²) in [4.78, 5) is 29.7. The fourth-order valence-corrected chi connectivity index (χ4v) is 2.99. The second kappa shape index (κ2) is 9.08. The van der Waals surface area contributed by atoms with Crippen LogP contribution in [0.25, 0.3) is 10.9 Å². The maximum absolute atomic E-state index is 12.6. The van der Waals surface area contributed by atoms with Gasteiger partial charge in [-0.15, -0.1) is 0 Å². The summed E-state index contributed by atoms with van der Waals surface area (Å²) in [6.07, 6.45) is 0.791. The lowest BCUT2D eigenvalue weighted by atomic mass is 10.1. The monoisotopic (exact) mass is 380 g/mol. The number of rotatable bonds is 8. The number of pyridine rings is 1. The normalized spacial score (nSPS) is 10.6. The highest BCUT2D eigenvalue weighted by atomic mass is 16.5. The van der Waals surface area contributed by atoms with Crippen molar-refractivity contribution >= 4 is 16.8 Å². The Kier molecular flexibility index (Phi) is 6.32. The van der Waals surface area contributed by atoms with Crippen LogP contribution in [-0.2, 0) is 11.3 Å². The van der Waals surface area contributed by atoms with Gasteiger partial charge in [0, 0.05) is 18.2 Å². The second-order valence-corrected chi connectivity index (χ2v) is 6.49. The summed E-state index contributed by atoms with van der Waals surface area (Å²) in [7, 11) is 1.58. The average Bonchev–Trinajstić information content (AvgIpc) is 2.72. The summed E-state index contributed by atoms with van der Waals surface area (Å²) in [5.74, 6) is 1.17. The first-order valence-electron chi connectivity index (χ1n) is 9.26. The molecule has 0 saturated heterocycles. The van der Waals surface area contributed by atoms with Crippen molar-refractivity contribution in [1.82, 2.24) is 9.88 Å². The maximum Gasteiger partial charge on any atom is 0.260 e. The highest BCUT2D eigenvalue weighted by Crippen LogP contribution is 2.19. The lowest BCUT2D eigenvalue weighted by Gasteiger charge is -2.22. The number of amides is 1. The molecule has 0 unspecified atom stereocenters. The third kappa shape index (κ3) is 4.71. The molecule has 1 N–H and O–H groups in total. The number of carbonyl (C=O) groups excluding carboxylic acids is 1. The van der Waals surface area contributed by atoms with E-state index in [1.54, 1.807) is 30.2 Å². The van der Waals surface area contributed by atoms with E-state index in [1.165, 1.54) is 0 Å². The molecule has 0 bridgehead atoms. The van der Waals surface area contributed by atoms with E-state index in [4.69, 9.17) is 9.47 Å². The molecule has 0 fully saturated rings. The topological polar surface area (TPSA) is 71.6 Å². The first-order valence-corrected chi connectivity index (χ1v) is 9.26. The summed E-state index contributed by atoms with van der Waals surface area (Å²) < 4.78 is 10.8. The minimum Gasteiger partial charge on any atom is -0.497 e. The predicted molar refractivity (Wildman–Crippen MR) is 109 cm³/mol. The molecule has 0 aliphatic rings. The second-order valence-electron chi connectivity index (χ2n) is 6.49. The van der Waals surface area contributed by atoms with Gasteiger partial charge in [-0.3, -0.25) is 9.59 Å². The van der Waals surface area contributed by atoms with Crippen molar-refractivity contribution in [1.29, 1.82) is 0 Å². The largest absolute Gasteiger partial charge is 0.497 e. The molecule has 0 aliphatic heterocycles. The first-order chi connectivity index (χ1) is 13.6. The van der Waals surface area contributed by atoms with Gasteiger partial charge in [0.05, 0.1) is 19.2 Å². The SMILES string of the molecule is CCCN(Cc1cc2ccc(OC)cc2[nH]c1=O)C(=O)COc1ccccc1. The number of aromatic nitrogens is 1. The zero-order valence-electron chi connectivity index (χ0n) is 16.1. The van der Waals surface area contributed by atoms with Crippen molar-refractivity contribution in [2.45, 2.75) is 19.9 Å². The molecule has 146 valence electrons. The molecule has 0 aliphatic carbocycles. The van der Waals surface area contributed by atoms with Crippen LogP contribution >= 0.6 is 0 Å². The third-order valence-electron chi connectivity index (χ3n) is 4.44. The molecular weight excluding hydrogens is 356 g/mol. The Balaban J connectivity index is 1.76. The first kappa shape index (κ1) is 19.5. The minimum absolute atomic E-state index is 0.0628. The molecule has 6 heteroatoms. The van der Waals surface area contributed by atoms with Crippen LogP contribution in [0, 0.1) is 0 Å². The van der Waals surface area contributed by atoms with Gasteiger partial charge >= 0.3 is 0 Å². The van der Waals surface area contributed by atoms with Crippen molar-refractivity contribution in [2.75, 3.05) is 20.3 Å². The van der Waals surface area contributed by atoms with Crippen molar-refractivity contribution < 1.29 is 14.3 Å². The van der Waals surface area contributed by atoms with Gasteiger partial charge in [-0.25, -0.2) is 0 Å². The van der Waals surface area contributed by atoms with Gasteiger partial charge in [0.1, 0.15) is 11.5 Å². The van der Waals surface area contributed by atoms with Crippen LogP contribution in [0.1, 0.15) is 18.9 Å². The number of H-pyrrole nitrogens is 1. The minimum atomic E-state index is -0.210. The molecule has 0 atom stereocenters. The number of hydrogen-bond acceptors (Lipinski definition) is 4. The average molecular weight is 380 g/mol. The van der Waals surface area contributed by atoms with Crippen molar-refractivity contribution in [2.24, 2.45) is 0 Å². The van der Waals surface area contributed by atoms with Gasteiger partial charge in [0.15, 0.2) is 6.61 Å². The number of fused-ring (bicyclic) bond motifs is 1. The number of carbonyl (C=O) groups is 1. The number of nitrogens with one attached hydrogen (secondary N) is 1. The Labute approximate surface area is 163 Å². The smallest absolute Gasteiger partial charge is 0.260 e. The van der Waals surface area contributed by atoms with E-state index in [9.17, 15) is 9.59 Å². The quantitative estimate of drug-likeness (QED) is 0.650. The van der Waals surface area contributed by atoms with Crippen molar-refractivity contribution in [3.05, 3.63) is 70.5 Å². The Morgan fingerprint density at radius 3 is 2.57 bits per heavy atom. The zero-order chi connectivity index (χ0) is 19.9. The van der Waals surface area contributed by atoms with Crippen LogP contribution in [0.2, 0.25) is 0 Å². The maximum atomic E-state index is 12.6. The fourth-order valence-electron chi connectivity index (χ4n) is 2.99. The number of aromatic amines is 1. The molecule has 0 radical (unpaired) electrons. The predicted octanol–water partition coefficient (Wildman–Crippen LogP) is 3.35. The highest BCUT2D eigenvalue weighted by molar-refractivity contribution is 5.81. The summed E-state index contributed by atoms with van der Waals surface area (Å²) >= 11 is 0. The Bertz CT molecular complexity index is 998. The molecule has 2 aromatic carbocycles. The Morgan fingerprint density at radius 2 is 1.86 bits per heavy atom. The standard InChI is InChI=1S/C22H24N2O4/c1-3-11-24(21(25)15-28-18-7-5-4-6-8-18)14-17-12-16-9-10-19(27-2)13-20(16)23-22(17)26/h4-10,12-13H,3,11,14-15H2,1-2H3,(H,23,26). The molecular formula is C22H24N2O4. The summed E-state index contributed by atoms with van der Waals surface area (Å²) in [5.41, 5.74) is 1.03. The van der Waals surface area contributed by atoms with Gasteiger partial charge in [0.2, 0.25) is 0 Å². The molecule has 0 saturated carbocycles. The van der Waals surface area contributed by atoms with E-state index in [2.05, 4.69) is 4.98 Å². The molecule has 3 rings (SSSR count). The van der Waals surface area contributed by atoms with Crippen LogP contribution in [0.3, 0.4) is 0 Å². The van der Waals surface area contributed by atoms with Crippen LogP contribution in [0.15, 0.2) is 59.4 Å². The lowest BCUT2D eigenvalue weighted by Crippen LogP contribution is -2.36. The fraction of sp³-hybridized carbons (Fsp3) is 0.273. The van der Waals surface area contributed by atoms with Gasteiger partial charge in [-0.05, 0) is 42.1 Å². The van der Waals surface area contributed by atoms with E-state index in [1.807, 2.05) is 43.3 Å². The van der Waals surface area contributed by atoms with Crippen LogP contribution in [-0.4, -0.2) is 36.1 Å². The van der Waals surface area contributed by atoms with E-state index in [0.29, 0.717) is 29.1 Å². The number of hydrogen-bond donors (Lipinski definition) is 1. The molecule has 1 amide bonds. The van der Waals surface area contributed by atoms with Gasteiger partial charge in [-0.1, -0.05) is 25.1 Å². The van der Waals surface area contributed by atoms with Crippen molar-refractivity contribution in [3.8, 4) is 11.5 Å². The Morgan fingerprint density at radius 1 is 1.07 bits per heavy atom. The molecule has 1 heterocycles. The number of para-hydroxylation sites is 1. The van der Waals surface area contributed by atoms with Gasteiger partial charge in [0.25, 0.3) is 11.5 Å². The van der Waals surface area contributed by atoms with Crippen LogP contribution in [0.4, 0.5) is 0 Å². The highest BCUT2D eigenvalue weighted by Gasteiger charge is 2.16. The van der Waals surface area contributed by atoms with E-state index < -0.39 is 0 Å². The number of ether oxygens (including phenoxy) is 2. The third-order valence-corrected chi connectivity index (χ3v) is 4.44. The molecule has 0 spiro atoms. The summed E-state index contributed by atoms with van der Waals surface area (Å²) in [6.45, 7) is 2.72. The Hall–Kier alpha value is -3.28. The van der Waals surface area contributed by atoms with Crippen LogP contribution < -0.4 is 15.0 Å². The zero-order valence-corrected chi connectivity index (χ0v) is 16.1. The summed E-state index contributed by atoms with van der Waals surface area (Å²) in [6, 6.07) is 16.5. The molecule has 6 nitrogen and oxygen atoms in total.